The highest BCUT2D eigenvalue weighted by atomic mass is 35.5. The molecule has 29 heavy (non-hydrogen) atoms. The fourth-order valence-corrected chi connectivity index (χ4v) is 3.69. The third-order valence-electron chi connectivity index (χ3n) is 4.87. The predicted molar refractivity (Wildman–Crippen MR) is 118 cm³/mol. The van der Waals surface area contributed by atoms with Gasteiger partial charge in [-0.2, -0.15) is 4.98 Å². The van der Waals surface area contributed by atoms with Crippen LogP contribution < -0.4 is 10.6 Å². The number of nitrogens with one attached hydrogen (secondary N) is 2. The Bertz CT molecular complexity index is 1080. The van der Waals surface area contributed by atoms with Gasteiger partial charge >= 0.3 is 0 Å². The molecule has 3 aromatic rings. The van der Waals surface area contributed by atoms with E-state index in [1.165, 1.54) is 0 Å². The van der Waals surface area contributed by atoms with Crippen molar-refractivity contribution in [1.29, 1.82) is 0 Å². The van der Waals surface area contributed by atoms with Gasteiger partial charge in [-0.3, -0.25) is 4.79 Å². The van der Waals surface area contributed by atoms with Crippen LogP contribution in [0, 0.1) is 12.8 Å². The lowest BCUT2D eigenvalue weighted by Gasteiger charge is -2.23. The van der Waals surface area contributed by atoms with Gasteiger partial charge in [-0.15, -0.1) is 0 Å². The maximum atomic E-state index is 12.8. The summed E-state index contributed by atoms with van der Waals surface area (Å²) in [7, 11) is 0. The van der Waals surface area contributed by atoms with E-state index in [2.05, 4.69) is 27.5 Å². The highest BCUT2D eigenvalue weighted by molar-refractivity contribution is 6.31. The quantitative estimate of drug-likeness (QED) is 0.508. The van der Waals surface area contributed by atoms with Crippen molar-refractivity contribution in [2.75, 3.05) is 10.6 Å². The Balaban J connectivity index is 1.74. The molecule has 0 aliphatic heterocycles. The second-order valence-corrected chi connectivity index (χ2v) is 8.22. The van der Waals surface area contributed by atoms with Gasteiger partial charge in [-0.1, -0.05) is 36.2 Å². The lowest BCUT2D eigenvalue weighted by molar-refractivity contribution is 0.0953. The van der Waals surface area contributed by atoms with Gasteiger partial charge < -0.3 is 10.6 Å². The molecular formula is C22H20Cl2N4O. The van der Waals surface area contributed by atoms with E-state index in [1.807, 2.05) is 37.3 Å². The average molecular weight is 427 g/mol. The zero-order valence-corrected chi connectivity index (χ0v) is 17.6. The van der Waals surface area contributed by atoms with E-state index < -0.39 is 0 Å². The number of aromatic nitrogens is 2. The zero-order chi connectivity index (χ0) is 20.5. The first-order valence-electron chi connectivity index (χ1n) is 9.39. The minimum Gasteiger partial charge on any atom is -0.339 e. The van der Waals surface area contributed by atoms with Crippen molar-refractivity contribution >= 4 is 52.1 Å². The van der Waals surface area contributed by atoms with Crippen molar-refractivity contribution in [2.24, 2.45) is 5.92 Å². The number of hydrogen-bond acceptors (Lipinski definition) is 5. The molecule has 5 nitrogen and oxygen atoms in total. The predicted octanol–water partition coefficient (Wildman–Crippen LogP) is 6.34. The average Bonchev–Trinajstić information content (AvgIpc) is 2.66. The number of nitrogens with zero attached hydrogens (tertiary/aromatic N) is 2. The molecule has 4 rings (SSSR count). The lowest BCUT2D eigenvalue weighted by Crippen LogP contribution is -2.22. The van der Waals surface area contributed by atoms with Gasteiger partial charge in [0.15, 0.2) is 5.78 Å². The van der Waals surface area contributed by atoms with E-state index in [0.717, 1.165) is 29.1 Å². The van der Waals surface area contributed by atoms with Gasteiger partial charge in [0.1, 0.15) is 5.82 Å². The molecule has 0 radical (unpaired) electrons. The van der Waals surface area contributed by atoms with Gasteiger partial charge in [0, 0.05) is 27.8 Å². The van der Waals surface area contributed by atoms with E-state index >= 15 is 0 Å². The molecule has 1 atom stereocenters. The number of halogens is 2. The monoisotopic (exact) mass is 426 g/mol. The highest BCUT2D eigenvalue weighted by Gasteiger charge is 2.28. The van der Waals surface area contributed by atoms with Crippen LogP contribution in [0.3, 0.4) is 0 Å². The molecule has 1 heterocycles. The van der Waals surface area contributed by atoms with Crippen LogP contribution in [0.2, 0.25) is 10.0 Å². The van der Waals surface area contributed by atoms with Crippen LogP contribution in [-0.2, 0) is 6.42 Å². The van der Waals surface area contributed by atoms with Gasteiger partial charge in [-0.25, -0.2) is 4.98 Å². The molecule has 7 heteroatoms. The summed E-state index contributed by atoms with van der Waals surface area (Å²) in [6, 6.07) is 13.0. The van der Waals surface area contributed by atoms with E-state index in [-0.39, 0.29) is 11.7 Å². The molecule has 1 unspecified atom stereocenters. The van der Waals surface area contributed by atoms with Gasteiger partial charge in [0.05, 0.1) is 11.3 Å². The van der Waals surface area contributed by atoms with Gasteiger partial charge in [0.2, 0.25) is 5.95 Å². The minimum absolute atomic E-state index is 0.0532. The van der Waals surface area contributed by atoms with Crippen LogP contribution in [0.1, 0.15) is 35.0 Å². The first-order chi connectivity index (χ1) is 13.9. The third-order valence-corrected chi connectivity index (χ3v) is 5.53. The van der Waals surface area contributed by atoms with Gasteiger partial charge in [-0.05, 0) is 61.2 Å². The molecule has 1 aromatic heterocycles. The standard InChI is InChI=1S/C22H20Cl2N4O/c1-12-9-18-20(19(29)10-12)21(25-16-6-3-13(2)17(24)11-16)28-22(27-18)26-15-7-4-14(23)5-8-15/h3-8,11-12H,9-10H2,1-2H3,(H2,25,26,27,28). The molecule has 148 valence electrons. The largest absolute Gasteiger partial charge is 0.339 e. The maximum Gasteiger partial charge on any atom is 0.229 e. The fraction of sp³-hybridized carbons (Fsp3) is 0.227. The second kappa shape index (κ2) is 8.01. The lowest BCUT2D eigenvalue weighted by atomic mass is 9.87. The molecule has 1 aliphatic carbocycles. The Hall–Kier alpha value is -2.63. The van der Waals surface area contributed by atoms with Crippen LogP contribution in [-0.4, -0.2) is 15.8 Å². The molecule has 0 amide bonds. The molecular weight excluding hydrogens is 407 g/mol. The summed E-state index contributed by atoms with van der Waals surface area (Å²) in [5.74, 6) is 1.21. The van der Waals surface area contributed by atoms with E-state index in [1.54, 1.807) is 12.1 Å². The number of fused-ring (bicyclic) bond motifs is 1. The van der Waals surface area contributed by atoms with E-state index in [0.29, 0.717) is 33.8 Å². The summed E-state index contributed by atoms with van der Waals surface area (Å²) >= 11 is 12.2. The summed E-state index contributed by atoms with van der Waals surface area (Å²) in [6.07, 6.45) is 1.21. The first-order valence-corrected chi connectivity index (χ1v) is 10.1. The SMILES string of the molecule is Cc1ccc(Nc2nc(Nc3ccc(Cl)cc3)nc3c2C(=O)CC(C)C3)cc1Cl. The minimum atomic E-state index is 0.0532. The molecule has 0 spiro atoms. The van der Waals surface area contributed by atoms with Crippen molar-refractivity contribution in [3.63, 3.8) is 0 Å². The summed E-state index contributed by atoms with van der Waals surface area (Å²) < 4.78 is 0. The normalized spacial score (nSPS) is 15.7. The number of benzene rings is 2. The summed E-state index contributed by atoms with van der Waals surface area (Å²) in [6.45, 7) is 4.00. The molecule has 0 saturated carbocycles. The highest BCUT2D eigenvalue weighted by Crippen LogP contribution is 2.32. The van der Waals surface area contributed by atoms with Crippen molar-refractivity contribution in [2.45, 2.75) is 26.7 Å². The van der Waals surface area contributed by atoms with Crippen LogP contribution in [0.4, 0.5) is 23.1 Å². The number of aryl methyl sites for hydroxylation is 1. The van der Waals surface area contributed by atoms with Crippen molar-refractivity contribution in [1.82, 2.24) is 9.97 Å². The Labute approximate surface area is 179 Å². The maximum absolute atomic E-state index is 12.8. The van der Waals surface area contributed by atoms with E-state index in [9.17, 15) is 4.79 Å². The molecule has 0 saturated heterocycles. The molecule has 2 aromatic carbocycles. The second-order valence-electron chi connectivity index (χ2n) is 7.37. The summed E-state index contributed by atoms with van der Waals surface area (Å²) in [5, 5.41) is 7.77. The Morgan fingerprint density at radius 3 is 2.41 bits per heavy atom. The Morgan fingerprint density at radius 2 is 1.69 bits per heavy atom. The number of carbonyl (C=O) groups excluding carboxylic acids is 1. The fourth-order valence-electron chi connectivity index (χ4n) is 3.38. The summed E-state index contributed by atoms with van der Waals surface area (Å²) in [4.78, 5) is 22.0. The number of hydrogen-bond donors (Lipinski definition) is 2. The number of ketones is 1. The number of anilines is 4. The van der Waals surface area contributed by atoms with Crippen molar-refractivity contribution in [3.05, 3.63) is 69.3 Å². The zero-order valence-electron chi connectivity index (χ0n) is 16.1. The third kappa shape index (κ3) is 4.36. The van der Waals surface area contributed by atoms with Crippen molar-refractivity contribution < 1.29 is 4.79 Å². The van der Waals surface area contributed by atoms with Crippen LogP contribution in [0.5, 0.6) is 0 Å². The van der Waals surface area contributed by atoms with Crippen molar-refractivity contribution in [3.8, 4) is 0 Å². The van der Waals surface area contributed by atoms with E-state index in [4.69, 9.17) is 23.2 Å². The molecule has 1 aliphatic rings. The number of carbonyl (C=O) groups is 1. The molecule has 0 fully saturated rings. The Kier molecular flexibility index (Phi) is 5.43. The topological polar surface area (TPSA) is 66.9 Å². The van der Waals surface area contributed by atoms with Crippen LogP contribution in [0.25, 0.3) is 0 Å². The number of Topliss-reactive ketones (excluding diaryl/α,β-unsaturated/α-hetero) is 1. The smallest absolute Gasteiger partial charge is 0.229 e. The molecule has 2 N–H and O–H groups in total. The molecule has 0 bridgehead atoms. The first kappa shape index (κ1) is 19.7. The Morgan fingerprint density at radius 1 is 0.966 bits per heavy atom. The van der Waals surface area contributed by atoms with Gasteiger partial charge in [0.25, 0.3) is 0 Å². The summed E-state index contributed by atoms with van der Waals surface area (Å²) in [5.41, 5.74) is 3.87. The van der Waals surface area contributed by atoms with Crippen LogP contribution in [0.15, 0.2) is 42.5 Å². The van der Waals surface area contributed by atoms with Crippen LogP contribution >= 0.6 is 23.2 Å². The number of rotatable bonds is 4.